The van der Waals surface area contributed by atoms with Crippen LogP contribution in [0.4, 0.5) is 14.9 Å². The molecule has 1 aliphatic heterocycles. The molecular weight excluding hydrogens is 293 g/mol. The van der Waals surface area contributed by atoms with Gasteiger partial charge in [0.25, 0.3) is 0 Å². The normalized spacial score (nSPS) is 18.7. The van der Waals surface area contributed by atoms with Gasteiger partial charge < -0.3 is 15.1 Å². The van der Waals surface area contributed by atoms with Gasteiger partial charge in [-0.15, -0.1) is 0 Å². The van der Waals surface area contributed by atoms with Crippen LogP contribution in [0.15, 0.2) is 54.6 Å². The smallest absolute Gasteiger partial charge is 0.315 e. The number of benzene rings is 2. The van der Waals surface area contributed by atoms with Crippen molar-refractivity contribution in [2.75, 3.05) is 32.0 Å². The zero-order chi connectivity index (χ0) is 16.2. The van der Waals surface area contributed by atoms with Crippen molar-refractivity contribution in [3.63, 3.8) is 0 Å². The Morgan fingerprint density at radius 3 is 2.52 bits per heavy atom. The summed E-state index contributed by atoms with van der Waals surface area (Å²) in [6, 6.07) is 15.9. The van der Waals surface area contributed by atoms with Gasteiger partial charge in [-0.25, -0.2) is 9.18 Å². The van der Waals surface area contributed by atoms with Crippen LogP contribution in [-0.4, -0.2) is 42.5 Å². The largest absolute Gasteiger partial charge is 0.322 e. The number of carbonyl (C=O) groups excluding carboxylic acids is 1. The molecule has 0 aromatic heterocycles. The van der Waals surface area contributed by atoms with Gasteiger partial charge in [-0.05, 0) is 24.7 Å². The predicted octanol–water partition coefficient (Wildman–Crippen LogP) is 3.35. The molecule has 0 radical (unpaired) electrons. The minimum absolute atomic E-state index is 0.0401. The maximum Gasteiger partial charge on any atom is 0.322 e. The molecule has 2 aromatic rings. The molecular formula is C18H20FN3O. The Kier molecular flexibility index (Phi) is 4.57. The Hall–Kier alpha value is -2.40. The standard InChI is InChI=1S/C18H20FN3O/c1-21-11-12-22(17(13-21)14-7-3-2-4-8-14)18(23)20-16-10-6-5-9-15(16)19/h2-10,17H,11-13H2,1H3,(H,20,23). The molecule has 1 N–H and O–H groups in total. The van der Waals surface area contributed by atoms with Crippen molar-refractivity contribution in [2.45, 2.75) is 6.04 Å². The number of hydrogen-bond donors (Lipinski definition) is 1. The molecule has 2 aromatic carbocycles. The Morgan fingerprint density at radius 1 is 1.09 bits per heavy atom. The van der Waals surface area contributed by atoms with Crippen molar-refractivity contribution in [2.24, 2.45) is 0 Å². The summed E-state index contributed by atoms with van der Waals surface area (Å²) in [6.07, 6.45) is 0. The molecule has 120 valence electrons. The van der Waals surface area contributed by atoms with Crippen LogP contribution in [0.5, 0.6) is 0 Å². The average Bonchev–Trinajstić information content (AvgIpc) is 2.57. The summed E-state index contributed by atoms with van der Waals surface area (Å²) in [6.45, 7) is 2.17. The first-order valence-corrected chi connectivity index (χ1v) is 7.71. The Morgan fingerprint density at radius 2 is 1.78 bits per heavy atom. The summed E-state index contributed by atoms with van der Waals surface area (Å²) in [4.78, 5) is 16.6. The lowest BCUT2D eigenvalue weighted by atomic mass is 10.0. The lowest BCUT2D eigenvalue weighted by Gasteiger charge is -2.40. The second-order valence-corrected chi connectivity index (χ2v) is 5.79. The van der Waals surface area contributed by atoms with E-state index >= 15 is 0 Å². The summed E-state index contributed by atoms with van der Waals surface area (Å²) in [5.74, 6) is -0.425. The van der Waals surface area contributed by atoms with E-state index in [0.717, 1.165) is 18.7 Å². The van der Waals surface area contributed by atoms with Crippen LogP contribution < -0.4 is 5.32 Å². The van der Waals surface area contributed by atoms with E-state index in [1.165, 1.54) is 6.07 Å². The fourth-order valence-corrected chi connectivity index (χ4v) is 2.87. The number of amides is 2. The number of halogens is 1. The second kappa shape index (κ2) is 6.79. The highest BCUT2D eigenvalue weighted by Crippen LogP contribution is 2.26. The average molecular weight is 313 g/mol. The number of hydrogen-bond acceptors (Lipinski definition) is 2. The third-order valence-corrected chi connectivity index (χ3v) is 4.14. The van der Waals surface area contributed by atoms with Crippen molar-refractivity contribution in [1.29, 1.82) is 0 Å². The molecule has 0 saturated carbocycles. The highest BCUT2D eigenvalue weighted by atomic mass is 19.1. The molecule has 1 atom stereocenters. The molecule has 1 heterocycles. The van der Waals surface area contributed by atoms with Crippen LogP contribution in [0.3, 0.4) is 0 Å². The minimum Gasteiger partial charge on any atom is -0.315 e. The van der Waals surface area contributed by atoms with E-state index in [2.05, 4.69) is 10.2 Å². The van der Waals surface area contributed by atoms with Gasteiger partial charge in [0, 0.05) is 19.6 Å². The van der Waals surface area contributed by atoms with Crippen LogP contribution in [0, 0.1) is 5.82 Å². The topological polar surface area (TPSA) is 35.6 Å². The summed E-state index contributed by atoms with van der Waals surface area (Å²) < 4.78 is 13.8. The molecule has 1 saturated heterocycles. The van der Waals surface area contributed by atoms with E-state index < -0.39 is 5.82 Å². The molecule has 2 amide bonds. The minimum atomic E-state index is -0.425. The lowest BCUT2D eigenvalue weighted by molar-refractivity contribution is 0.116. The van der Waals surface area contributed by atoms with Crippen molar-refractivity contribution < 1.29 is 9.18 Å². The number of urea groups is 1. The maximum absolute atomic E-state index is 13.8. The summed E-state index contributed by atoms with van der Waals surface area (Å²) in [5.41, 5.74) is 1.30. The van der Waals surface area contributed by atoms with E-state index in [-0.39, 0.29) is 17.8 Å². The van der Waals surface area contributed by atoms with Gasteiger partial charge in [0.1, 0.15) is 5.82 Å². The molecule has 1 aliphatic rings. The van der Waals surface area contributed by atoms with E-state index in [1.54, 1.807) is 23.1 Å². The Balaban J connectivity index is 1.81. The predicted molar refractivity (Wildman–Crippen MR) is 88.8 cm³/mol. The first kappa shape index (κ1) is 15.5. The molecule has 4 nitrogen and oxygen atoms in total. The quantitative estimate of drug-likeness (QED) is 0.923. The summed E-state index contributed by atoms with van der Waals surface area (Å²) in [5, 5.41) is 2.69. The number of piperazine rings is 1. The van der Waals surface area contributed by atoms with Gasteiger partial charge in [-0.3, -0.25) is 0 Å². The van der Waals surface area contributed by atoms with E-state index in [1.807, 2.05) is 37.4 Å². The molecule has 0 spiro atoms. The van der Waals surface area contributed by atoms with E-state index in [0.29, 0.717) is 6.54 Å². The Labute approximate surface area is 135 Å². The first-order valence-electron chi connectivity index (χ1n) is 7.71. The zero-order valence-corrected chi connectivity index (χ0v) is 13.1. The number of likely N-dealkylation sites (N-methyl/N-ethyl adjacent to an activating group) is 1. The molecule has 3 rings (SSSR count). The number of para-hydroxylation sites is 1. The van der Waals surface area contributed by atoms with Gasteiger partial charge in [0.15, 0.2) is 0 Å². The van der Waals surface area contributed by atoms with Crippen molar-refractivity contribution in [3.05, 3.63) is 66.0 Å². The molecule has 1 unspecified atom stereocenters. The van der Waals surface area contributed by atoms with Gasteiger partial charge in [-0.1, -0.05) is 42.5 Å². The summed E-state index contributed by atoms with van der Waals surface area (Å²) >= 11 is 0. The van der Waals surface area contributed by atoms with Gasteiger partial charge in [0.2, 0.25) is 0 Å². The molecule has 0 bridgehead atoms. The monoisotopic (exact) mass is 313 g/mol. The molecule has 5 heteroatoms. The van der Waals surface area contributed by atoms with Gasteiger partial charge >= 0.3 is 6.03 Å². The number of nitrogens with one attached hydrogen (secondary N) is 1. The van der Waals surface area contributed by atoms with Crippen LogP contribution in [0.2, 0.25) is 0 Å². The third kappa shape index (κ3) is 3.51. The first-order chi connectivity index (χ1) is 11.1. The SMILES string of the molecule is CN1CCN(C(=O)Nc2ccccc2F)C(c2ccccc2)C1. The third-order valence-electron chi connectivity index (χ3n) is 4.14. The van der Waals surface area contributed by atoms with Gasteiger partial charge in [-0.2, -0.15) is 0 Å². The maximum atomic E-state index is 13.8. The number of nitrogens with zero attached hydrogens (tertiary/aromatic N) is 2. The van der Waals surface area contributed by atoms with Crippen LogP contribution in [0.25, 0.3) is 0 Å². The highest BCUT2D eigenvalue weighted by Gasteiger charge is 2.30. The fourth-order valence-electron chi connectivity index (χ4n) is 2.87. The van der Waals surface area contributed by atoms with Crippen molar-refractivity contribution in [3.8, 4) is 0 Å². The van der Waals surface area contributed by atoms with Crippen molar-refractivity contribution >= 4 is 11.7 Å². The van der Waals surface area contributed by atoms with Crippen LogP contribution in [-0.2, 0) is 0 Å². The Bertz CT molecular complexity index is 677. The molecule has 1 fully saturated rings. The van der Waals surface area contributed by atoms with Gasteiger partial charge in [0.05, 0.1) is 11.7 Å². The second-order valence-electron chi connectivity index (χ2n) is 5.79. The molecule has 0 aliphatic carbocycles. The molecule has 23 heavy (non-hydrogen) atoms. The number of rotatable bonds is 2. The van der Waals surface area contributed by atoms with Crippen LogP contribution >= 0.6 is 0 Å². The van der Waals surface area contributed by atoms with Crippen molar-refractivity contribution in [1.82, 2.24) is 9.80 Å². The summed E-state index contributed by atoms with van der Waals surface area (Å²) in [7, 11) is 2.04. The zero-order valence-electron chi connectivity index (χ0n) is 13.1. The number of anilines is 1. The highest BCUT2D eigenvalue weighted by molar-refractivity contribution is 5.89. The fraction of sp³-hybridized carbons (Fsp3) is 0.278. The van der Waals surface area contributed by atoms with Crippen LogP contribution in [0.1, 0.15) is 11.6 Å². The number of carbonyl (C=O) groups is 1. The lowest BCUT2D eigenvalue weighted by Crippen LogP contribution is -2.50. The van der Waals surface area contributed by atoms with E-state index in [4.69, 9.17) is 0 Å². The van der Waals surface area contributed by atoms with E-state index in [9.17, 15) is 9.18 Å².